The minimum atomic E-state index is -0.462. The molecule has 1 N–H and O–H groups in total. The van der Waals surface area contributed by atoms with Gasteiger partial charge < -0.3 is 10.0 Å². The third-order valence-corrected chi connectivity index (χ3v) is 4.71. The highest BCUT2D eigenvalue weighted by Gasteiger charge is 2.32. The van der Waals surface area contributed by atoms with Gasteiger partial charge in [0.05, 0.1) is 0 Å². The average Bonchev–Trinajstić information content (AvgIpc) is 2.53. The molecular weight excluding hydrogens is 290 g/mol. The van der Waals surface area contributed by atoms with Crippen molar-refractivity contribution in [2.24, 2.45) is 5.92 Å². The maximum atomic E-state index is 12.5. The molecule has 2 unspecified atom stereocenters. The van der Waals surface area contributed by atoms with Gasteiger partial charge in [0.25, 0.3) is 5.91 Å². The number of benzene rings is 1. The lowest BCUT2D eigenvalue weighted by Crippen LogP contribution is -2.49. The molecule has 4 heteroatoms. The quantitative estimate of drug-likeness (QED) is 0.689. The van der Waals surface area contributed by atoms with Crippen LogP contribution in [-0.2, 0) is 10.2 Å². The highest BCUT2D eigenvalue weighted by atomic mass is 16.3. The van der Waals surface area contributed by atoms with Crippen LogP contribution in [0.5, 0.6) is 0 Å². The Balaban J connectivity index is 2.14. The average molecular weight is 317 g/mol. The molecule has 1 saturated heterocycles. The molecule has 1 aromatic rings. The van der Waals surface area contributed by atoms with Gasteiger partial charge in [0.15, 0.2) is 0 Å². The largest absolute Gasteiger partial charge is 0.396 e. The first-order valence-corrected chi connectivity index (χ1v) is 8.30. The molecule has 0 aromatic heterocycles. The van der Waals surface area contributed by atoms with E-state index in [1.54, 1.807) is 17.0 Å². The van der Waals surface area contributed by atoms with Crippen molar-refractivity contribution in [3.63, 3.8) is 0 Å². The molecule has 0 radical (unpaired) electrons. The molecule has 0 spiro atoms. The lowest BCUT2D eigenvalue weighted by Gasteiger charge is -2.37. The maximum Gasteiger partial charge on any atom is 0.295 e. The molecule has 0 bridgehead atoms. The molecule has 0 saturated carbocycles. The number of ketones is 1. The number of aliphatic hydroxyl groups is 1. The molecule has 126 valence electrons. The van der Waals surface area contributed by atoms with Crippen molar-refractivity contribution in [3.05, 3.63) is 35.4 Å². The van der Waals surface area contributed by atoms with Crippen LogP contribution in [-0.4, -0.2) is 40.9 Å². The predicted molar refractivity (Wildman–Crippen MR) is 90.5 cm³/mol. The number of aliphatic hydroxyl groups excluding tert-OH is 1. The summed E-state index contributed by atoms with van der Waals surface area (Å²) in [7, 11) is 0. The number of hydrogen-bond donors (Lipinski definition) is 1. The second-order valence-corrected chi connectivity index (χ2v) is 7.59. The molecule has 1 aromatic carbocycles. The van der Waals surface area contributed by atoms with E-state index in [1.807, 2.05) is 19.1 Å². The van der Waals surface area contributed by atoms with E-state index in [0.29, 0.717) is 12.1 Å². The van der Waals surface area contributed by atoms with Gasteiger partial charge in [0.1, 0.15) is 0 Å². The van der Waals surface area contributed by atoms with Crippen molar-refractivity contribution in [1.82, 2.24) is 4.90 Å². The maximum absolute atomic E-state index is 12.5. The summed E-state index contributed by atoms with van der Waals surface area (Å²) in [5, 5.41) is 9.32. The monoisotopic (exact) mass is 317 g/mol. The minimum Gasteiger partial charge on any atom is -0.396 e. The Morgan fingerprint density at radius 2 is 1.78 bits per heavy atom. The van der Waals surface area contributed by atoms with Gasteiger partial charge in [-0.05, 0) is 36.7 Å². The minimum absolute atomic E-state index is 0.0152. The highest BCUT2D eigenvalue weighted by molar-refractivity contribution is 6.42. The molecule has 23 heavy (non-hydrogen) atoms. The Labute approximate surface area is 138 Å². The van der Waals surface area contributed by atoms with Crippen LogP contribution in [0.2, 0.25) is 0 Å². The van der Waals surface area contributed by atoms with Crippen molar-refractivity contribution in [2.75, 3.05) is 13.2 Å². The van der Waals surface area contributed by atoms with Gasteiger partial charge in [0, 0.05) is 24.8 Å². The summed E-state index contributed by atoms with van der Waals surface area (Å²) in [6, 6.07) is 7.34. The van der Waals surface area contributed by atoms with E-state index in [-0.39, 0.29) is 24.0 Å². The fourth-order valence-electron chi connectivity index (χ4n) is 2.99. The van der Waals surface area contributed by atoms with Crippen LogP contribution in [0, 0.1) is 5.92 Å². The molecule has 0 aliphatic carbocycles. The Morgan fingerprint density at radius 3 is 2.30 bits per heavy atom. The van der Waals surface area contributed by atoms with Crippen LogP contribution < -0.4 is 0 Å². The number of amides is 1. The molecular formula is C19H27NO3. The van der Waals surface area contributed by atoms with Gasteiger partial charge in [-0.1, -0.05) is 45.0 Å². The fraction of sp³-hybridized carbons (Fsp3) is 0.579. The molecule has 1 fully saturated rings. The molecule has 2 rings (SSSR count). The zero-order valence-corrected chi connectivity index (χ0v) is 14.5. The van der Waals surface area contributed by atoms with Crippen LogP contribution in [0.4, 0.5) is 0 Å². The van der Waals surface area contributed by atoms with Crippen LogP contribution in [0.3, 0.4) is 0 Å². The second-order valence-electron chi connectivity index (χ2n) is 7.59. The van der Waals surface area contributed by atoms with Crippen molar-refractivity contribution in [3.8, 4) is 0 Å². The van der Waals surface area contributed by atoms with Crippen LogP contribution >= 0.6 is 0 Å². The van der Waals surface area contributed by atoms with Crippen LogP contribution in [0.25, 0.3) is 0 Å². The number of hydrogen-bond acceptors (Lipinski definition) is 3. The Morgan fingerprint density at radius 1 is 1.17 bits per heavy atom. The summed E-state index contributed by atoms with van der Waals surface area (Å²) < 4.78 is 0. The first-order chi connectivity index (χ1) is 10.7. The first kappa shape index (κ1) is 17.7. The summed E-state index contributed by atoms with van der Waals surface area (Å²) in [4.78, 5) is 26.7. The van der Waals surface area contributed by atoms with E-state index < -0.39 is 11.7 Å². The highest BCUT2D eigenvalue weighted by Crippen LogP contribution is 2.24. The Bertz CT molecular complexity index is 571. The number of nitrogens with zero attached hydrogens (tertiary/aromatic N) is 1. The topological polar surface area (TPSA) is 57.6 Å². The third-order valence-electron chi connectivity index (χ3n) is 4.71. The number of Topliss-reactive ketones (excluding diaryl/α,β-unsaturated/α-hetero) is 1. The lowest BCUT2D eigenvalue weighted by molar-refractivity contribution is -0.131. The van der Waals surface area contributed by atoms with E-state index in [2.05, 4.69) is 20.8 Å². The van der Waals surface area contributed by atoms with Crippen molar-refractivity contribution in [2.45, 2.75) is 52.0 Å². The van der Waals surface area contributed by atoms with Crippen LogP contribution in [0.15, 0.2) is 24.3 Å². The van der Waals surface area contributed by atoms with Gasteiger partial charge >= 0.3 is 0 Å². The lowest BCUT2D eigenvalue weighted by atomic mass is 9.86. The zero-order chi connectivity index (χ0) is 17.2. The summed E-state index contributed by atoms with van der Waals surface area (Å²) in [6.07, 6.45) is 1.73. The third kappa shape index (κ3) is 3.99. The van der Waals surface area contributed by atoms with E-state index in [1.165, 1.54) is 0 Å². The standard InChI is InChI=1S/C19H27NO3/c1-13-5-6-14(12-21)11-20(13)18(23)17(22)15-7-9-16(10-8-15)19(2,3)4/h7-10,13-14,21H,5-6,11-12H2,1-4H3. The summed E-state index contributed by atoms with van der Waals surface area (Å²) in [5.74, 6) is -0.846. The smallest absolute Gasteiger partial charge is 0.295 e. The second kappa shape index (κ2) is 6.83. The van der Waals surface area contributed by atoms with Crippen LogP contribution in [0.1, 0.15) is 56.5 Å². The predicted octanol–water partition coefficient (Wildman–Crippen LogP) is 2.79. The molecule has 2 atom stereocenters. The molecule has 1 heterocycles. The van der Waals surface area contributed by atoms with Gasteiger partial charge in [-0.2, -0.15) is 0 Å². The number of piperidine rings is 1. The van der Waals surface area contributed by atoms with Crippen molar-refractivity contribution < 1.29 is 14.7 Å². The Kier molecular flexibility index (Phi) is 5.25. The van der Waals surface area contributed by atoms with Gasteiger partial charge in [-0.3, -0.25) is 9.59 Å². The Hall–Kier alpha value is -1.68. The van der Waals surface area contributed by atoms with Crippen molar-refractivity contribution >= 4 is 11.7 Å². The normalized spacial score (nSPS) is 22.0. The molecule has 1 amide bonds. The first-order valence-electron chi connectivity index (χ1n) is 8.30. The number of carbonyl (C=O) groups excluding carboxylic acids is 2. The number of rotatable bonds is 3. The summed E-state index contributed by atoms with van der Waals surface area (Å²) in [5.41, 5.74) is 1.58. The van der Waals surface area contributed by atoms with E-state index in [9.17, 15) is 14.7 Å². The van der Waals surface area contributed by atoms with E-state index in [0.717, 1.165) is 18.4 Å². The molecule has 4 nitrogen and oxygen atoms in total. The number of carbonyl (C=O) groups is 2. The zero-order valence-electron chi connectivity index (χ0n) is 14.5. The van der Waals surface area contributed by atoms with Crippen molar-refractivity contribution in [1.29, 1.82) is 0 Å². The fourth-order valence-corrected chi connectivity index (χ4v) is 2.99. The van der Waals surface area contributed by atoms with E-state index in [4.69, 9.17) is 0 Å². The SMILES string of the molecule is CC1CCC(CO)CN1C(=O)C(=O)c1ccc(C(C)(C)C)cc1. The summed E-state index contributed by atoms with van der Waals surface area (Å²) >= 11 is 0. The van der Waals surface area contributed by atoms with Gasteiger partial charge in [-0.15, -0.1) is 0 Å². The van der Waals surface area contributed by atoms with Gasteiger partial charge in [-0.25, -0.2) is 0 Å². The molecule has 1 aliphatic rings. The molecule has 1 aliphatic heterocycles. The van der Waals surface area contributed by atoms with E-state index >= 15 is 0 Å². The number of likely N-dealkylation sites (tertiary alicyclic amines) is 1. The van der Waals surface area contributed by atoms with Gasteiger partial charge in [0.2, 0.25) is 5.78 Å². The summed E-state index contributed by atoms with van der Waals surface area (Å²) in [6.45, 7) is 8.81.